The van der Waals surface area contributed by atoms with Gasteiger partial charge in [-0.2, -0.15) is 8.42 Å². The highest BCUT2D eigenvalue weighted by molar-refractivity contribution is 7.85. The molecule has 0 aliphatic rings. The Kier molecular flexibility index (Phi) is 23.1. The number of ether oxygens (including phenoxy) is 3. The zero-order chi connectivity index (χ0) is 30.7. The van der Waals surface area contributed by atoms with Gasteiger partial charge in [0.1, 0.15) is 18.9 Å². The van der Waals surface area contributed by atoms with Crippen molar-refractivity contribution in [2.75, 3.05) is 25.6 Å². The molecule has 0 saturated heterocycles. The van der Waals surface area contributed by atoms with E-state index in [4.69, 9.17) is 14.2 Å². The fourth-order valence-electron chi connectivity index (χ4n) is 4.77. The molecule has 0 amide bonds. The third kappa shape index (κ3) is 23.6. The smallest absolute Gasteiger partial charge is 0.434 e. The molecule has 1 atom stereocenters. The van der Waals surface area contributed by atoms with Crippen LogP contribution in [0.4, 0.5) is 4.79 Å². The first kappa shape index (κ1) is 38.1. The van der Waals surface area contributed by atoms with E-state index in [1.807, 2.05) is 30.6 Å². The Morgan fingerprint density at radius 1 is 0.738 bits per heavy atom. The minimum Gasteiger partial charge on any atom is -0.434 e. The lowest BCUT2D eigenvalue weighted by atomic mass is 10.0. The first-order chi connectivity index (χ1) is 20.3. The van der Waals surface area contributed by atoms with E-state index in [0.29, 0.717) is 6.61 Å². The van der Waals surface area contributed by atoms with Crippen LogP contribution in [-0.4, -0.2) is 50.8 Å². The summed E-state index contributed by atoms with van der Waals surface area (Å²) in [5, 5.41) is 0. The van der Waals surface area contributed by atoms with Gasteiger partial charge < -0.3 is 14.2 Å². The van der Waals surface area contributed by atoms with Gasteiger partial charge in [0.05, 0.1) is 12.7 Å². The average Bonchev–Trinajstić information content (AvgIpc) is 2.96. The van der Waals surface area contributed by atoms with Crippen molar-refractivity contribution in [3.8, 4) is 0 Å². The predicted molar refractivity (Wildman–Crippen MR) is 168 cm³/mol. The number of hydrogen-bond acceptors (Lipinski definition) is 6. The summed E-state index contributed by atoms with van der Waals surface area (Å²) in [6.45, 7) is 7.39. The van der Waals surface area contributed by atoms with E-state index in [9.17, 15) is 17.8 Å². The standard InChI is InChI=1S/C33H57NO7S/c1-3-4-5-6-7-8-9-10-11-12-13-14-16-23-28-40-33(35)41-29-31(2)32(30-42(36,37)38)39-27-22-17-15-19-24-34-25-20-18-21-26-34/h18,20-21,25-26,32H,2-17,19,22-24,27-30H2,1H3/p+1. The normalized spacial score (nSPS) is 12.2. The van der Waals surface area contributed by atoms with E-state index in [2.05, 4.69) is 18.1 Å². The fourth-order valence-corrected chi connectivity index (χ4v) is 5.49. The maximum absolute atomic E-state index is 12.0. The molecule has 1 N–H and O–H groups in total. The predicted octanol–water partition coefficient (Wildman–Crippen LogP) is 8.00. The summed E-state index contributed by atoms with van der Waals surface area (Å²) in [5.41, 5.74) is 0.265. The van der Waals surface area contributed by atoms with Gasteiger partial charge in [-0.3, -0.25) is 4.55 Å². The van der Waals surface area contributed by atoms with E-state index in [1.54, 1.807) is 0 Å². The molecule has 1 aromatic heterocycles. The van der Waals surface area contributed by atoms with Gasteiger partial charge in [-0.1, -0.05) is 109 Å². The van der Waals surface area contributed by atoms with Crippen molar-refractivity contribution in [2.45, 2.75) is 135 Å². The summed E-state index contributed by atoms with van der Waals surface area (Å²) in [6, 6.07) is 5.99. The fraction of sp³-hybridized carbons (Fsp3) is 0.758. The average molecular weight is 613 g/mol. The van der Waals surface area contributed by atoms with Crippen molar-refractivity contribution in [2.24, 2.45) is 0 Å². The van der Waals surface area contributed by atoms with Gasteiger partial charge in [0, 0.05) is 25.2 Å². The zero-order valence-corrected chi connectivity index (χ0v) is 27.0. The molecule has 0 spiro atoms. The number of unbranched alkanes of at least 4 members (excludes halogenated alkanes) is 16. The van der Waals surface area contributed by atoms with Crippen molar-refractivity contribution in [3.05, 3.63) is 42.7 Å². The highest BCUT2D eigenvalue weighted by Crippen LogP contribution is 2.14. The molecule has 1 aromatic rings. The van der Waals surface area contributed by atoms with Crippen molar-refractivity contribution in [1.82, 2.24) is 0 Å². The number of carbonyl (C=O) groups is 1. The molecule has 1 heterocycles. The van der Waals surface area contributed by atoms with Gasteiger partial charge in [-0.05, 0) is 24.8 Å². The Morgan fingerprint density at radius 2 is 1.24 bits per heavy atom. The lowest BCUT2D eigenvalue weighted by Gasteiger charge is -2.19. The number of rotatable bonds is 28. The second-order valence-corrected chi connectivity index (χ2v) is 12.8. The molecular formula is C33H58NO7S+. The van der Waals surface area contributed by atoms with Gasteiger partial charge in [0.2, 0.25) is 0 Å². The van der Waals surface area contributed by atoms with Crippen LogP contribution in [-0.2, 0) is 30.9 Å². The van der Waals surface area contributed by atoms with Crippen LogP contribution in [0.1, 0.15) is 122 Å². The molecule has 0 bridgehead atoms. The number of hydrogen-bond donors (Lipinski definition) is 1. The molecule has 0 saturated carbocycles. The van der Waals surface area contributed by atoms with Crippen LogP contribution >= 0.6 is 0 Å². The number of aromatic nitrogens is 1. The van der Waals surface area contributed by atoms with E-state index >= 15 is 0 Å². The number of carbonyl (C=O) groups excluding carboxylic acids is 1. The molecule has 42 heavy (non-hydrogen) atoms. The molecule has 0 radical (unpaired) electrons. The van der Waals surface area contributed by atoms with Crippen LogP contribution in [0.2, 0.25) is 0 Å². The van der Waals surface area contributed by atoms with Crippen molar-refractivity contribution in [3.63, 3.8) is 0 Å². The van der Waals surface area contributed by atoms with Crippen LogP contribution in [0.5, 0.6) is 0 Å². The number of nitrogens with zero attached hydrogens (tertiary/aromatic N) is 1. The van der Waals surface area contributed by atoms with Crippen LogP contribution < -0.4 is 4.57 Å². The Bertz CT molecular complexity index is 908. The molecule has 0 fully saturated rings. The summed E-state index contributed by atoms with van der Waals surface area (Å²) in [7, 11) is -4.29. The molecule has 0 aliphatic heterocycles. The van der Waals surface area contributed by atoms with Gasteiger partial charge in [-0.25, -0.2) is 9.36 Å². The summed E-state index contributed by atoms with van der Waals surface area (Å²) in [6.07, 6.45) is 23.6. The first-order valence-corrected chi connectivity index (χ1v) is 17.9. The minimum absolute atomic E-state index is 0.230. The summed E-state index contributed by atoms with van der Waals surface area (Å²) < 4.78 is 50.3. The van der Waals surface area contributed by atoms with Crippen molar-refractivity contribution in [1.29, 1.82) is 0 Å². The molecule has 0 aliphatic carbocycles. The van der Waals surface area contributed by atoms with E-state index in [-0.39, 0.29) is 18.8 Å². The van der Waals surface area contributed by atoms with E-state index in [1.165, 1.54) is 70.6 Å². The van der Waals surface area contributed by atoms with Gasteiger partial charge in [0.25, 0.3) is 10.1 Å². The Labute approximate surface area is 256 Å². The number of pyridine rings is 1. The van der Waals surface area contributed by atoms with Crippen LogP contribution in [0.15, 0.2) is 42.7 Å². The highest BCUT2D eigenvalue weighted by atomic mass is 32.2. The summed E-state index contributed by atoms with van der Waals surface area (Å²) >= 11 is 0. The second-order valence-electron chi connectivity index (χ2n) is 11.3. The zero-order valence-electron chi connectivity index (χ0n) is 26.2. The topological polar surface area (TPSA) is 103 Å². The van der Waals surface area contributed by atoms with Crippen LogP contribution in [0, 0.1) is 0 Å². The molecule has 0 aromatic carbocycles. The minimum atomic E-state index is -4.29. The van der Waals surface area contributed by atoms with E-state index < -0.39 is 28.1 Å². The first-order valence-electron chi connectivity index (χ1n) is 16.3. The van der Waals surface area contributed by atoms with Crippen molar-refractivity contribution < 1.29 is 36.5 Å². The van der Waals surface area contributed by atoms with Crippen molar-refractivity contribution >= 4 is 16.3 Å². The molecule has 1 unspecified atom stereocenters. The monoisotopic (exact) mass is 612 g/mol. The SMILES string of the molecule is C=C(COC(=O)OCCCCCCCCCCCCCCCC)C(CS(=O)(=O)O)OCCCCCC[n+]1ccccc1. The number of aryl methyl sites for hydroxylation is 1. The quantitative estimate of drug-likeness (QED) is 0.0336. The highest BCUT2D eigenvalue weighted by Gasteiger charge is 2.22. The third-order valence-electron chi connectivity index (χ3n) is 7.32. The van der Waals surface area contributed by atoms with E-state index in [0.717, 1.165) is 51.5 Å². The Hall–Kier alpha value is -1.97. The molecule has 9 heteroatoms. The van der Waals surface area contributed by atoms with Crippen LogP contribution in [0.3, 0.4) is 0 Å². The lowest BCUT2D eigenvalue weighted by Crippen LogP contribution is -2.32. The summed E-state index contributed by atoms with van der Waals surface area (Å²) in [4.78, 5) is 12.0. The molecule has 1 rings (SSSR count). The van der Waals surface area contributed by atoms with Crippen LogP contribution in [0.25, 0.3) is 0 Å². The van der Waals surface area contributed by atoms with Gasteiger partial charge in [-0.15, -0.1) is 0 Å². The maximum atomic E-state index is 12.0. The second kappa shape index (κ2) is 25.5. The molecule has 8 nitrogen and oxygen atoms in total. The maximum Gasteiger partial charge on any atom is 0.508 e. The Morgan fingerprint density at radius 3 is 1.79 bits per heavy atom. The summed E-state index contributed by atoms with van der Waals surface area (Å²) in [5.74, 6) is -0.631. The largest absolute Gasteiger partial charge is 0.508 e. The third-order valence-corrected chi connectivity index (χ3v) is 8.04. The Balaban J connectivity index is 2.07. The lowest BCUT2D eigenvalue weighted by molar-refractivity contribution is -0.697. The molecular weight excluding hydrogens is 554 g/mol. The van der Waals surface area contributed by atoms with Gasteiger partial charge in [0.15, 0.2) is 12.4 Å². The molecule has 242 valence electrons. The van der Waals surface area contributed by atoms with Gasteiger partial charge >= 0.3 is 6.16 Å².